The van der Waals surface area contributed by atoms with Crippen LogP contribution >= 0.6 is 0 Å². The predicted molar refractivity (Wildman–Crippen MR) is 82.6 cm³/mol. The van der Waals surface area contributed by atoms with Crippen LogP contribution in [0, 0.1) is 0 Å². The summed E-state index contributed by atoms with van der Waals surface area (Å²) >= 11 is 0. The monoisotopic (exact) mass is 269 g/mol. The van der Waals surface area contributed by atoms with Crippen molar-refractivity contribution in [3.63, 3.8) is 0 Å². The van der Waals surface area contributed by atoms with E-state index >= 15 is 0 Å². The third-order valence-electron chi connectivity index (χ3n) is 4.73. The van der Waals surface area contributed by atoms with Crippen molar-refractivity contribution in [2.24, 2.45) is 0 Å². The van der Waals surface area contributed by atoms with Gasteiger partial charge in [-0.25, -0.2) is 0 Å². The van der Waals surface area contributed by atoms with Crippen molar-refractivity contribution in [1.29, 1.82) is 0 Å². The number of ketones is 1. The van der Waals surface area contributed by atoms with E-state index in [0.29, 0.717) is 5.78 Å². The Morgan fingerprint density at radius 2 is 1.70 bits per heavy atom. The summed E-state index contributed by atoms with van der Waals surface area (Å²) in [4.78, 5) is 12.9. The van der Waals surface area contributed by atoms with Crippen molar-refractivity contribution in [3.05, 3.63) is 41.5 Å². The molecular formula is C18H23NO. The van der Waals surface area contributed by atoms with Crippen LogP contribution in [0.3, 0.4) is 0 Å². The molecule has 0 aromatic heterocycles. The molecule has 1 saturated carbocycles. The zero-order valence-electron chi connectivity index (χ0n) is 12.0. The summed E-state index contributed by atoms with van der Waals surface area (Å²) in [6.45, 7) is 0. The molecular weight excluding hydrogens is 246 g/mol. The van der Waals surface area contributed by atoms with E-state index in [2.05, 4.69) is 6.08 Å². The zero-order chi connectivity index (χ0) is 14.0. The lowest BCUT2D eigenvalue weighted by Gasteiger charge is -2.18. The molecule has 0 heterocycles. The van der Waals surface area contributed by atoms with E-state index in [4.69, 9.17) is 5.73 Å². The van der Waals surface area contributed by atoms with E-state index < -0.39 is 0 Å². The van der Waals surface area contributed by atoms with Crippen LogP contribution in [-0.4, -0.2) is 5.78 Å². The largest absolute Gasteiger partial charge is 0.399 e. The van der Waals surface area contributed by atoms with Gasteiger partial charge in [0.15, 0.2) is 5.78 Å². The number of nitrogens with two attached hydrogens (primary N) is 1. The van der Waals surface area contributed by atoms with Gasteiger partial charge >= 0.3 is 0 Å². The van der Waals surface area contributed by atoms with Gasteiger partial charge in [-0.05, 0) is 61.8 Å². The second kappa shape index (κ2) is 5.43. The maximum atomic E-state index is 12.9. The smallest absolute Gasteiger partial charge is 0.169 e. The lowest BCUT2D eigenvalue weighted by Crippen LogP contribution is -2.22. The molecule has 0 bridgehead atoms. The van der Waals surface area contributed by atoms with Crippen LogP contribution in [0.1, 0.15) is 56.9 Å². The van der Waals surface area contributed by atoms with Crippen molar-refractivity contribution < 1.29 is 4.79 Å². The predicted octanol–water partition coefficient (Wildman–Crippen LogP) is 4.15. The van der Waals surface area contributed by atoms with Crippen LogP contribution < -0.4 is 5.73 Å². The van der Waals surface area contributed by atoms with Gasteiger partial charge in [0.25, 0.3) is 0 Å². The van der Waals surface area contributed by atoms with E-state index in [1.54, 1.807) is 0 Å². The van der Waals surface area contributed by atoms with E-state index in [1.807, 2.05) is 24.3 Å². The SMILES string of the molecule is Nc1ccc(C2(C(=O)/C3=C/CCCCCC3)CC2)cc1. The minimum atomic E-state index is -0.223. The summed E-state index contributed by atoms with van der Waals surface area (Å²) < 4.78 is 0. The topological polar surface area (TPSA) is 43.1 Å². The summed E-state index contributed by atoms with van der Waals surface area (Å²) in [7, 11) is 0. The molecule has 2 aliphatic carbocycles. The van der Waals surface area contributed by atoms with Gasteiger partial charge in [0.1, 0.15) is 0 Å². The standard InChI is InChI=1S/C18H23NO/c19-16-10-8-15(9-11-16)18(12-13-18)17(20)14-6-4-2-1-3-5-7-14/h6,8-11H,1-5,7,12-13,19H2/b14-6+. The number of rotatable bonds is 3. The fraction of sp³-hybridized carbons (Fsp3) is 0.500. The molecule has 0 saturated heterocycles. The number of hydrogen-bond acceptors (Lipinski definition) is 2. The van der Waals surface area contributed by atoms with Crippen molar-refractivity contribution in [2.75, 3.05) is 5.73 Å². The van der Waals surface area contributed by atoms with Gasteiger partial charge in [-0.1, -0.05) is 31.1 Å². The molecule has 2 N–H and O–H groups in total. The molecule has 1 fully saturated rings. The number of carbonyl (C=O) groups excluding carboxylic acids is 1. The average Bonchev–Trinajstić information content (AvgIpc) is 3.20. The number of benzene rings is 1. The summed E-state index contributed by atoms with van der Waals surface area (Å²) in [5.41, 5.74) is 8.53. The van der Waals surface area contributed by atoms with Crippen LogP contribution in [0.2, 0.25) is 0 Å². The Bertz CT molecular complexity index is 523. The molecule has 2 heteroatoms. The average molecular weight is 269 g/mol. The summed E-state index contributed by atoms with van der Waals surface area (Å²) in [6, 6.07) is 7.89. The van der Waals surface area contributed by atoms with Gasteiger partial charge in [0, 0.05) is 5.69 Å². The first-order valence-corrected chi connectivity index (χ1v) is 7.82. The molecule has 0 aliphatic heterocycles. The number of hydrogen-bond donors (Lipinski definition) is 1. The number of nitrogen functional groups attached to an aromatic ring is 1. The highest BCUT2D eigenvalue weighted by Gasteiger charge is 2.51. The lowest BCUT2D eigenvalue weighted by molar-refractivity contribution is -0.118. The Balaban J connectivity index is 1.83. The second-order valence-electron chi connectivity index (χ2n) is 6.22. The molecule has 2 nitrogen and oxygen atoms in total. The second-order valence-corrected chi connectivity index (χ2v) is 6.22. The Morgan fingerprint density at radius 1 is 1.00 bits per heavy atom. The van der Waals surface area contributed by atoms with Gasteiger partial charge in [-0.15, -0.1) is 0 Å². The Kier molecular flexibility index (Phi) is 3.64. The highest BCUT2D eigenvalue weighted by molar-refractivity contribution is 6.05. The zero-order valence-corrected chi connectivity index (χ0v) is 12.0. The van der Waals surface area contributed by atoms with Gasteiger partial charge < -0.3 is 5.73 Å². The van der Waals surface area contributed by atoms with Crippen molar-refractivity contribution in [3.8, 4) is 0 Å². The third kappa shape index (κ3) is 2.52. The molecule has 0 unspecified atom stereocenters. The molecule has 106 valence electrons. The molecule has 0 spiro atoms. The van der Waals surface area contributed by atoms with Crippen LogP contribution in [0.25, 0.3) is 0 Å². The molecule has 0 atom stereocenters. The van der Waals surface area contributed by atoms with E-state index in [0.717, 1.165) is 48.9 Å². The van der Waals surface area contributed by atoms with Crippen molar-refractivity contribution in [1.82, 2.24) is 0 Å². The molecule has 1 aromatic carbocycles. The number of carbonyl (C=O) groups is 1. The maximum Gasteiger partial charge on any atom is 0.169 e. The molecule has 1 aromatic rings. The molecule has 20 heavy (non-hydrogen) atoms. The van der Waals surface area contributed by atoms with Gasteiger partial charge in [-0.2, -0.15) is 0 Å². The molecule has 3 rings (SSSR count). The summed E-state index contributed by atoms with van der Waals surface area (Å²) in [6.07, 6.45) is 11.2. The van der Waals surface area contributed by atoms with Crippen LogP contribution in [0.4, 0.5) is 5.69 Å². The van der Waals surface area contributed by atoms with Crippen LogP contribution in [0.5, 0.6) is 0 Å². The summed E-state index contributed by atoms with van der Waals surface area (Å²) in [5, 5.41) is 0. The number of anilines is 1. The van der Waals surface area contributed by atoms with Crippen molar-refractivity contribution in [2.45, 2.75) is 56.8 Å². The molecule has 2 aliphatic rings. The fourth-order valence-electron chi connectivity index (χ4n) is 3.28. The van der Waals surface area contributed by atoms with Crippen LogP contribution in [-0.2, 0) is 10.2 Å². The lowest BCUT2D eigenvalue weighted by atomic mass is 9.84. The first kappa shape index (κ1) is 13.4. The highest BCUT2D eigenvalue weighted by atomic mass is 16.1. The first-order valence-electron chi connectivity index (χ1n) is 7.82. The van der Waals surface area contributed by atoms with Gasteiger partial charge in [0.05, 0.1) is 5.41 Å². The Labute approximate surface area is 121 Å². The summed E-state index contributed by atoms with van der Waals surface area (Å²) in [5.74, 6) is 0.379. The number of Topliss-reactive ketones (excluding diaryl/α,β-unsaturated/α-hetero) is 1. The van der Waals surface area contributed by atoms with E-state index in [-0.39, 0.29) is 5.41 Å². The maximum absolute atomic E-state index is 12.9. The first-order chi connectivity index (χ1) is 9.72. The fourth-order valence-corrected chi connectivity index (χ4v) is 3.28. The Morgan fingerprint density at radius 3 is 2.40 bits per heavy atom. The third-order valence-corrected chi connectivity index (χ3v) is 4.73. The minimum Gasteiger partial charge on any atom is -0.399 e. The Hall–Kier alpha value is -1.57. The normalized spacial score (nSPS) is 24.1. The quantitative estimate of drug-likeness (QED) is 0.838. The van der Waals surface area contributed by atoms with E-state index in [1.165, 1.54) is 19.3 Å². The van der Waals surface area contributed by atoms with Gasteiger partial charge in [-0.3, -0.25) is 4.79 Å². The van der Waals surface area contributed by atoms with Gasteiger partial charge in [0.2, 0.25) is 0 Å². The highest BCUT2D eigenvalue weighted by Crippen LogP contribution is 2.51. The van der Waals surface area contributed by atoms with Crippen LogP contribution in [0.15, 0.2) is 35.9 Å². The number of allylic oxidation sites excluding steroid dienone is 2. The molecule has 0 radical (unpaired) electrons. The minimum absolute atomic E-state index is 0.223. The van der Waals surface area contributed by atoms with Crippen molar-refractivity contribution >= 4 is 11.5 Å². The molecule has 0 amide bonds. The van der Waals surface area contributed by atoms with E-state index in [9.17, 15) is 4.79 Å².